The number of fused-ring (bicyclic) bond motifs is 1. The van der Waals surface area contributed by atoms with Crippen LogP contribution in [0, 0.1) is 5.92 Å². The molecule has 10 heteroatoms. The highest BCUT2D eigenvalue weighted by Crippen LogP contribution is 2.34. The first-order valence-corrected chi connectivity index (χ1v) is 13.4. The normalized spacial score (nSPS) is 15.0. The lowest BCUT2D eigenvalue weighted by molar-refractivity contribution is 0.164. The van der Waals surface area contributed by atoms with E-state index in [-0.39, 0.29) is 13.2 Å². The molecule has 1 atom stereocenters. The molecule has 3 aromatic rings. The molecule has 1 heterocycles. The molecule has 8 nitrogen and oxygen atoms in total. The van der Waals surface area contributed by atoms with E-state index in [0.29, 0.717) is 10.6 Å². The number of ether oxygens (including phenoxy) is 2. The van der Waals surface area contributed by atoms with Gasteiger partial charge in [0, 0.05) is 29.1 Å². The minimum atomic E-state index is -2.92. The van der Waals surface area contributed by atoms with Crippen LogP contribution in [0.5, 0.6) is 5.75 Å². The molecule has 0 spiro atoms. The highest BCUT2D eigenvalue weighted by atomic mass is 79.9. The molecule has 0 aliphatic heterocycles. The molecule has 0 radical (unpaired) electrons. The Bertz CT molecular complexity index is 1300. The highest BCUT2D eigenvalue weighted by molar-refractivity contribution is 9.10. The van der Waals surface area contributed by atoms with Crippen molar-refractivity contribution in [1.82, 2.24) is 9.97 Å². The van der Waals surface area contributed by atoms with E-state index in [1.54, 1.807) is 31.5 Å². The summed E-state index contributed by atoms with van der Waals surface area (Å²) < 4.78 is 28.2. The Kier molecular flexibility index (Phi) is 7.14. The average Bonchev–Trinajstić information content (AvgIpc) is 3.61. The van der Waals surface area contributed by atoms with Crippen molar-refractivity contribution in [2.75, 3.05) is 24.7 Å². The number of hydrogen-bond donors (Lipinski definition) is 1. The number of amides is 1. The number of nitrogens with one attached hydrogen (secondary N) is 1. The second-order valence-electron chi connectivity index (χ2n) is 7.88. The van der Waals surface area contributed by atoms with Crippen LogP contribution < -0.4 is 10.1 Å². The van der Waals surface area contributed by atoms with Crippen LogP contribution in [-0.4, -0.2) is 39.7 Å². The summed E-state index contributed by atoms with van der Waals surface area (Å²) in [4.78, 5) is 20.9. The SMILES string of the molecule is CCOC(=O)N=S(C)(=O)c1cccc(COc2cc3ncnc(NCC4CC4)c3cc2Br)c1. The summed E-state index contributed by atoms with van der Waals surface area (Å²) in [6.45, 7) is 3.01. The fourth-order valence-corrected chi connectivity index (χ4v) is 4.85. The number of nitrogens with zero attached hydrogens (tertiary/aromatic N) is 3. The zero-order chi connectivity index (χ0) is 23.4. The zero-order valence-electron chi connectivity index (χ0n) is 18.4. The summed E-state index contributed by atoms with van der Waals surface area (Å²) in [5.41, 5.74) is 1.57. The number of halogens is 1. The molecule has 0 bridgehead atoms. The van der Waals surface area contributed by atoms with E-state index in [2.05, 4.69) is 35.6 Å². The Balaban J connectivity index is 1.51. The molecular weight excluding hydrogens is 508 g/mol. The van der Waals surface area contributed by atoms with Crippen LogP contribution in [0.3, 0.4) is 0 Å². The number of carbonyl (C=O) groups excluding carboxylic acids is 1. The van der Waals surface area contributed by atoms with Gasteiger partial charge in [0.15, 0.2) is 0 Å². The average molecular weight is 533 g/mol. The molecule has 1 aromatic heterocycles. The van der Waals surface area contributed by atoms with E-state index in [0.717, 1.165) is 39.2 Å². The molecule has 1 unspecified atom stereocenters. The van der Waals surface area contributed by atoms with Gasteiger partial charge in [-0.2, -0.15) is 0 Å². The fourth-order valence-electron chi connectivity index (χ4n) is 3.25. The van der Waals surface area contributed by atoms with Crippen molar-refractivity contribution in [3.8, 4) is 5.75 Å². The topological polar surface area (TPSA) is 103 Å². The van der Waals surface area contributed by atoms with Crippen molar-refractivity contribution < 1.29 is 18.5 Å². The molecule has 1 saturated carbocycles. The quantitative estimate of drug-likeness (QED) is 0.413. The number of benzene rings is 2. The second-order valence-corrected chi connectivity index (χ2v) is 11.0. The maximum absolute atomic E-state index is 12.9. The van der Waals surface area contributed by atoms with E-state index in [9.17, 15) is 9.00 Å². The van der Waals surface area contributed by atoms with E-state index >= 15 is 0 Å². The number of rotatable bonds is 8. The van der Waals surface area contributed by atoms with Crippen LogP contribution in [0.25, 0.3) is 10.9 Å². The van der Waals surface area contributed by atoms with Gasteiger partial charge in [0.1, 0.15) is 24.5 Å². The van der Waals surface area contributed by atoms with Gasteiger partial charge in [-0.1, -0.05) is 12.1 Å². The van der Waals surface area contributed by atoms with Gasteiger partial charge in [-0.3, -0.25) is 0 Å². The molecule has 1 N–H and O–H groups in total. The van der Waals surface area contributed by atoms with Crippen molar-refractivity contribution in [2.24, 2.45) is 10.3 Å². The van der Waals surface area contributed by atoms with Gasteiger partial charge in [-0.25, -0.2) is 19.0 Å². The zero-order valence-corrected chi connectivity index (χ0v) is 20.8. The predicted molar refractivity (Wildman–Crippen MR) is 131 cm³/mol. The van der Waals surface area contributed by atoms with Gasteiger partial charge < -0.3 is 14.8 Å². The lowest BCUT2D eigenvalue weighted by Gasteiger charge is -2.13. The molecule has 33 heavy (non-hydrogen) atoms. The van der Waals surface area contributed by atoms with Crippen LogP contribution in [0.1, 0.15) is 25.3 Å². The van der Waals surface area contributed by atoms with E-state index in [1.165, 1.54) is 19.1 Å². The van der Waals surface area contributed by atoms with Gasteiger partial charge in [-0.05, 0) is 65.4 Å². The standard InChI is InChI=1S/C23H25BrN4O4S/c1-3-31-23(29)28-33(2,30)17-6-4-5-16(9-17)13-32-21-11-20-18(10-19(21)24)22(27-14-26-20)25-12-15-7-8-15/h4-6,9-11,14-15H,3,7-8,12-13H2,1-2H3,(H,25,26,27). The summed E-state index contributed by atoms with van der Waals surface area (Å²) >= 11 is 3.58. The monoisotopic (exact) mass is 532 g/mol. The first kappa shape index (κ1) is 23.4. The second kappa shape index (κ2) is 10.0. The smallest absolute Gasteiger partial charge is 0.442 e. The number of carbonyl (C=O) groups is 1. The third-order valence-corrected chi connectivity index (χ3v) is 7.44. The minimum Gasteiger partial charge on any atom is -0.488 e. The van der Waals surface area contributed by atoms with Gasteiger partial charge in [0.05, 0.1) is 26.3 Å². The lowest BCUT2D eigenvalue weighted by atomic mass is 10.2. The maximum Gasteiger partial charge on any atom is 0.442 e. The Morgan fingerprint density at radius 3 is 2.85 bits per heavy atom. The van der Waals surface area contributed by atoms with Crippen molar-refractivity contribution in [2.45, 2.75) is 31.3 Å². The van der Waals surface area contributed by atoms with Gasteiger partial charge in [0.25, 0.3) is 0 Å². The molecule has 174 valence electrons. The molecule has 1 aliphatic carbocycles. The first-order valence-electron chi connectivity index (χ1n) is 10.6. The summed E-state index contributed by atoms with van der Waals surface area (Å²) in [7, 11) is -2.92. The predicted octanol–water partition coefficient (Wildman–Crippen LogP) is 5.41. The van der Waals surface area contributed by atoms with Gasteiger partial charge >= 0.3 is 6.09 Å². The Morgan fingerprint density at radius 1 is 1.27 bits per heavy atom. The van der Waals surface area contributed by atoms with Crippen molar-refractivity contribution in [3.05, 3.63) is 52.8 Å². The molecule has 2 aromatic carbocycles. The Hall–Kier alpha value is -2.72. The molecular formula is C23H25BrN4O4S. The summed E-state index contributed by atoms with van der Waals surface area (Å²) in [6, 6.07) is 10.8. The minimum absolute atomic E-state index is 0.176. The third-order valence-electron chi connectivity index (χ3n) is 5.19. The molecule has 1 aliphatic rings. The largest absolute Gasteiger partial charge is 0.488 e. The summed E-state index contributed by atoms with van der Waals surface area (Å²) in [6.07, 6.45) is 4.66. The maximum atomic E-state index is 12.9. The molecule has 1 fully saturated rings. The summed E-state index contributed by atoms with van der Waals surface area (Å²) in [5.74, 6) is 2.18. The Labute approximate surface area is 201 Å². The number of aromatic nitrogens is 2. The van der Waals surface area contributed by atoms with Crippen molar-refractivity contribution in [3.63, 3.8) is 0 Å². The third kappa shape index (κ3) is 6.00. The van der Waals surface area contributed by atoms with Crippen LogP contribution >= 0.6 is 15.9 Å². The summed E-state index contributed by atoms with van der Waals surface area (Å²) in [5, 5.41) is 4.34. The van der Waals surface area contributed by atoms with E-state index in [4.69, 9.17) is 9.47 Å². The first-order chi connectivity index (χ1) is 15.9. The van der Waals surface area contributed by atoms with Crippen LogP contribution in [0.15, 0.2) is 56.5 Å². The van der Waals surface area contributed by atoms with Crippen molar-refractivity contribution >= 4 is 48.5 Å². The fraction of sp³-hybridized carbons (Fsp3) is 0.348. The van der Waals surface area contributed by atoms with Gasteiger partial charge in [-0.15, -0.1) is 4.36 Å². The van der Waals surface area contributed by atoms with Crippen LogP contribution in [0.2, 0.25) is 0 Å². The molecule has 4 rings (SSSR count). The van der Waals surface area contributed by atoms with Crippen LogP contribution in [-0.2, 0) is 21.1 Å². The Morgan fingerprint density at radius 2 is 2.09 bits per heavy atom. The molecule has 1 amide bonds. The molecule has 0 saturated heterocycles. The number of anilines is 1. The van der Waals surface area contributed by atoms with Gasteiger partial charge in [0.2, 0.25) is 0 Å². The highest BCUT2D eigenvalue weighted by Gasteiger charge is 2.21. The van der Waals surface area contributed by atoms with Crippen molar-refractivity contribution in [1.29, 1.82) is 0 Å². The van der Waals surface area contributed by atoms with E-state index < -0.39 is 15.8 Å². The van der Waals surface area contributed by atoms with Crippen LogP contribution in [0.4, 0.5) is 10.6 Å². The lowest BCUT2D eigenvalue weighted by Crippen LogP contribution is -2.06. The van der Waals surface area contributed by atoms with E-state index in [1.807, 2.05) is 18.2 Å². The number of hydrogen-bond acceptors (Lipinski definition) is 7.